The Morgan fingerprint density at radius 2 is 1.29 bits per heavy atom. The fourth-order valence-corrected chi connectivity index (χ4v) is 0. The van der Waals surface area contributed by atoms with Gasteiger partial charge in [-0.2, -0.15) is 0 Å². The lowest BCUT2D eigenvalue weighted by Crippen LogP contribution is -1.84. The van der Waals surface area contributed by atoms with E-state index in [4.69, 9.17) is 5.11 Å². The van der Waals surface area contributed by atoms with Gasteiger partial charge in [0.1, 0.15) is 0 Å². The Bertz CT molecular complexity index is 19.3. The Morgan fingerprint density at radius 1 is 1.29 bits per heavy atom. The molecule has 0 saturated heterocycles. The molecule has 0 fully saturated rings. The molecule has 0 aromatic rings. The lowest BCUT2D eigenvalue weighted by molar-refractivity contribution is 0.318. The molecule has 7 heavy (non-hydrogen) atoms. The van der Waals surface area contributed by atoms with Gasteiger partial charge in [-0.15, -0.1) is 0 Å². The molecule has 0 rings (SSSR count). The van der Waals surface area contributed by atoms with E-state index in [1.54, 1.807) is 6.92 Å². The zero-order valence-electron chi connectivity index (χ0n) is 5.73. The minimum atomic E-state index is -0.139. The van der Waals surface area contributed by atoms with E-state index in [1.165, 1.54) is 0 Å². The van der Waals surface area contributed by atoms with Gasteiger partial charge in [-0.3, -0.25) is 0 Å². The number of rotatable bonds is 0. The Kier molecular flexibility index (Phi) is 13.8. The summed E-state index contributed by atoms with van der Waals surface area (Å²) in [5.41, 5.74) is 0. The Hall–Kier alpha value is 0.177. The summed E-state index contributed by atoms with van der Waals surface area (Å²) in [6.07, 6.45) is 0. The van der Waals surface area contributed by atoms with Crippen LogP contribution in [0.4, 0.5) is 0 Å². The van der Waals surface area contributed by atoms with Crippen LogP contribution in [-0.4, -0.2) is 20.5 Å². The molecule has 0 saturated carbocycles. The van der Waals surface area contributed by atoms with Gasteiger partial charge < -0.3 is 5.11 Å². The Morgan fingerprint density at radius 3 is 1.29 bits per heavy atom. The van der Waals surface area contributed by atoms with E-state index >= 15 is 0 Å². The molecule has 0 bridgehead atoms. The van der Waals surface area contributed by atoms with Crippen LogP contribution in [0.1, 0.15) is 6.92 Å². The van der Waals surface area contributed by atoms with Crippen LogP contribution in [-0.2, 0) is 0 Å². The summed E-state index contributed by atoms with van der Waals surface area (Å²) in [6, 6.07) is 0. The highest BCUT2D eigenvalue weighted by Gasteiger charge is 1.71. The molecular formula is C5H16OSi. The summed E-state index contributed by atoms with van der Waals surface area (Å²) in [5.74, 6) is 0. The zero-order valence-corrected chi connectivity index (χ0v) is 6.89. The topological polar surface area (TPSA) is 20.2 Å². The van der Waals surface area contributed by atoms with Crippen molar-refractivity contribution in [2.24, 2.45) is 0 Å². The van der Waals surface area contributed by atoms with Crippen LogP contribution in [0.25, 0.3) is 0 Å². The van der Waals surface area contributed by atoms with Crippen LogP contribution in [0.2, 0.25) is 19.6 Å². The second kappa shape index (κ2) is 9.49. The summed E-state index contributed by atoms with van der Waals surface area (Å²) in [4.78, 5) is 0. The number of hydrogen-bond acceptors (Lipinski definition) is 1. The Balaban J connectivity index is 0. The Labute approximate surface area is 48.0 Å². The largest absolute Gasteiger partial charge is 0.397 e. The first kappa shape index (κ1) is 10.2. The van der Waals surface area contributed by atoms with Crippen LogP contribution < -0.4 is 0 Å². The normalized spacial score (nSPS) is 7.71. The van der Waals surface area contributed by atoms with Crippen molar-refractivity contribution >= 4 is 8.80 Å². The van der Waals surface area contributed by atoms with Crippen molar-refractivity contribution in [2.75, 3.05) is 6.61 Å². The van der Waals surface area contributed by atoms with Gasteiger partial charge in [0.05, 0.1) is 0 Å². The van der Waals surface area contributed by atoms with Crippen molar-refractivity contribution < 1.29 is 5.11 Å². The molecule has 0 atom stereocenters. The molecule has 0 aliphatic carbocycles. The molecule has 0 aromatic carbocycles. The van der Waals surface area contributed by atoms with Crippen LogP contribution in [0.3, 0.4) is 0 Å². The van der Waals surface area contributed by atoms with E-state index in [2.05, 4.69) is 19.6 Å². The monoisotopic (exact) mass is 120 g/mol. The van der Waals surface area contributed by atoms with Gasteiger partial charge in [-0.05, 0) is 6.92 Å². The smallest absolute Gasteiger partial charge is 0.0402 e. The molecule has 0 spiro atoms. The molecule has 46 valence electrons. The first-order chi connectivity index (χ1) is 3.15. The predicted molar refractivity (Wildman–Crippen MR) is 37.5 cm³/mol. The third kappa shape index (κ3) is 3440. The molecule has 0 unspecified atom stereocenters. The minimum Gasteiger partial charge on any atom is -0.397 e. The van der Waals surface area contributed by atoms with Gasteiger partial charge >= 0.3 is 0 Å². The van der Waals surface area contributed by atoms with Gasteiger partial charge in [-0.1, -0.05) is 19.6 Å². The van der Waals surface area contributed by atoms with Crippen LogP contribution in [0.15, 0.2) is 0 Å². The maximum atomic E-state index is 7.57. The zero-order chi connectivity index (χ0) is 6.28. The van der Waals surface area contributed by atoms with E-state index in [1.807, 2.05) is 0 Å². The fourth-order valence-electron chi connectivity index (χ4n) is 0. The number of hydrogen-bond donors (Lipinski definition) is 1. The molecule has 1 N–H and O–H groups in total. The van der Waals surface area contributed by atoms with Crippen molar-refractivity contribution in [2.45, 2.75) is 26.6 Å². The van der Waals surface area contributed by atoms with E-state index in [0.29, 0.717) is 0 Å². The van der Waals surface area contributed by atoms with Crippen LogP contribution >= 0.6 is 0 Å². The predicted octanol–water partition coefficient (Wildman–Crippen LogP) is 1.10. The molecule has 1 nitrogen and oxygen atoms in total. The van der Waals surface area contributed by atoms with Gasteiger partial charge in [0, 0.05) is 15.4 Å². The lowest BCUT2D eigenvalue weighted by atomic mass is 10.9. The van der Waals surface area contributed by atoms with E-state index in [-0.39, 0.29) is 15.4 Å². The lowest BCUT2D eigenvalue weighted by Gasteiger charge is -1.75. The number of aliphatic hydroxyl groups is 1. The van der Waals surface area contributed by atoms with Crippen molar-refractivity contribution in [1.29, 1.82) is 0 Å². The van der Waals surface area contributed by atoms with E-state index < -0.39 is 0 Å². The summed E-state index contributed by atoms with van der Waals surface area (Å²) in [6.45, 7) is 8.85. The SMILES string of the molecule is CCO.C[SiH](C)C. The summed E-state index contributed by atoms with van der Waals surface area (Å²) in [5, 5.41) is 7.57. The maximum Gasteiger partial charge on any atom is 0.0402 e. The molecule has 0 radical (unpaired) electrons. The highest BCUT2D eigenvalue weighted by Crippen LogP contribution is 1.68. The molecular weight excluding hydrogens is 104 g/mol. The molecule has 0 amide bonds. The summed E-state index contributed by atoms with van der Waals surface area (Å²) >= 11 is 0. The standard InChI is InChI=1S/C3H10Si.C2H6O/c1-4(2)3;1-2-3/h4H,1-3H3;3H,2H2,1H3. The number of aliphatic hydroxyl groups excluding tert-OH is 1. The van der Waals surface area contributed by atoms with Crippen LogP contribution in [0, 0.1) is 0 Å². The molecule has 0 aromatic heterocycles. The first-order valence-corrected chi connectivity index (χ1v) is 6.22. The molecule has 0 aliphatic rings. The third-order valence-electron chi connectivity index (χ3n) is 0. The van der Waals surface area contributed by atoms with Crippen molar-refractivity contribution in [3.8, 4) is 0 Å². The highest BCUT2D eigenvalue weighted by atomic mass is 28.3. The second-order valence-electron chi connectivity index (χ2n) is 2.05. The van der Waals surface area contributed by atoms with Gasteiger partial charge in [-0.25, -0.2) is 0 Å². The third-order valence-corrected chi connectivity index (χ3v) is 0. The van der Waals surface area contributed by atoms with Crippen LogP contribution in [0.5, 0.6) is 0 Å². The van der Waals surface area contributed by atoms with Gasteiger partial charge in [0.2, 0.25) is 0 Å². The van der Waals surface area contributed by atoms with E-state index in [9.17, 15) is 0 Å². The maximum absolute atomic E-state index is 7.57. The summed E-state index contributed by atoms with van der Waals surface area (Å²) in [7, 11) is -0.139. The fraction of sp³-hybridized carbons (Fsp3) is 1.00. The highest BCUT2D eigenvalue weighted by molar-refractivity contribution is 6.54. The minimum absolute atomic E-state index is 0.139. The molecule has 0 aliphatic heterocycles. The average Bonchev–Trinajstić information content (AvgIpc) is 1.33. The average molecular weight is 120 g/mol. The van der Waals surface area contributed by atoms with E-state index in [0.717, 1.165) is 0 Å². The van der Waals surface area contributed by atoms with Crippen molar-refractivity contribution in [3.05, 3.63) is 0 Å². The second-order valence-corrected chi connectivity index (χ2v) is 5.51. The van der Waals surface area contributed by atoms with Gasteiger partial charge in [0.25, 0.3) is 0 Å². The summed E-state index contributed by atoms with van der Waals surface area (Å²) < 4.78 is 0. The van der Waals surface area contributed by atoms with Crippen molar-refractivity contribution in [1.82, 2.24) is 0 Å². The van der Waals surface area contributed by atoms with Gasteiger partial charge in [0.15, 0.2) is 0 Å². The molecule has 0 heterocycles. The first-order valence-electron chi connectivity index (χ1n) is 2.76. The van der Waals surface area contributed by atoms with Crippen molar-refractivity contribution in [3.63, 3.8) is 0 Å². The molecule has 2 heteroatoms. The quantitative estimate of drug-likeness (QED) is 0.475.